The smallest absolute Gasteiger partial charge is 0.267 e. The fourth-order valence-electron chi connectivity index (χ4n) is 2.82. The maximum atomic E-state index is 13.0. The van der Waals surface area contributed by atoms with Crippen LogP contribution < -0.4 is 20.7 Å². The number of methoxy groups -OCH3 is 1. The normalized spacial score (nSPS) is 10.7. The van der Waals surface area contributed by atoms with Crippen LogP contribution in [0, 0.1) is 0 Å². The Balaban J connectivity index is 1.91. The molecule has 7 nitrogen and oxygen atoms in total. The van der Waals surface area contributed by atoms with Gasteiger partial charge in [-0.25, -0.2) is 4.98 Å². The Labute approximate surface area is 204 Å². The van der Waals surface area contributed by atoms with Gasteiger partial charge in [-0.15, -0.1) is 11.3 Å². The quantitative estimate of drug-likeness (QED) is 0.376. The average molecular weight is 514 g/mol. The van der Waals surface area contributed by atoms with E-state index in [-0.39, 0.29) is 27.8 Å². The van der Waals surface area contributed by atoms with E-state index in [2.05, 4.69) is 20.9 Å². The van der Waals surface area contributed by atoms with Crippen molar-refractivity contribution in [2.45, 2.75) is 6.42 Å². The largest absolute Gasteiger partial charge is 0.494 e. The number of ether oxygens (including phenoxy) is 1. The second-order valence-corrected chi connectivity index (χ2v) is 8.69. The van der Waals surface area contributed by atoms with Crippen LogP contribution in [-0.2, 0) is 6.42 Å². The van der Waals surface area contributed by atoms with Gasteiger partial charge >= 0.3 is 0 Å². The van der Waals surface area contributed by atoms with Gasteiger partial charge in [-0.05, 0) is 49.2 Å². The number of likely N-dealkylation sites (N-methyl/N-ethyl adjacent to an activating group) is 1. The molecule has 0 atom stereocenters. The summed E-state index contributed by atoms with van der Waals surface area (Å²) in [6.07, 6.45) is 2.09. The number of nitrogens with one attached hydrogen (secondary N) is 3. The van der Waals surface area contributed by atoms with Crippen molar-refractivity contribution < 1.29 is 14.3 Å². The van der Waals surface area contributed by atoms with E-state index in [1.807, 2.05) is 12.4 Å². The van der Waals surface area contributed by atoms with Gasteiger partial charge in [0.25, 0.3) is 11.8 Å². The number of carbonyl (C=O) groups is 2. The Morgan fingerprint density at radius 2 is 1.88 bits per heavy atom. The van der Waals surface area contributed by atoms with E-state index in [1.165, 1.54) is 36.8 Å². The molecule has 0 aliphatic heterocycles. The lowest BCUT2D eigenvalue weighted by molar-refractivity contribution is 0.102. The first-order chi connectivity index (χ1) is 15.3. The average Bonchev–Trinajstić information content (AvgIpc) is 3.14. The summed E-state index contributed by atoms with van der Waals surface area (Å²) in [4.78, 5) is 30.3. The fraction of sp³-hybridized carbons (Fsp3) is 0.190. The number of halogens is 3. The third kappa shape index (κ3) is 5.70. The number of benzene rings is 1. The topological polar surface area (TPSA) is 92.4 Å². The molecular formula is C21H19Cl3N4O3S. The SMILES string of the molecule is CNCCc1csc(C(=O)Nc2c(OC)cc(Cl)cc2C(=O)Nc2ccc(Cl)cn2)c1Cl. The van der Waals surface area contributed by atoms with E-state index in [0.29, 0.717) is 21.3 Å². The van der Waals surface area contributed by atoms with Gasteiger partial charge in [-0.1, -0.05) is 34.8 Å². The van der Waals surface area contributed by atoms with Crippen molar-refractivity contribution in [3.05, 3.63) is 66.9 Å². The Kier molecular flexibility index (Phi) is 8.33. The number of hydrogen-bond acceptors (Lipinski definition) is 6. The Bertz CT molecular complexity index is 1140. The van der Waals surface area contributed by atoms with E-state index in [4.69, 9.17) is 39.5 Å². The van der Waals surface area contributed by atoms with Crippen LogP contribution in [0.3, 0.4) is 0 Å². The Morgan fingerprint density at radius 3 is 2.53 bits per heavy atom. The maximum Gasteiger partial charge on any atom is 0.267 e. The molecule has 0 unspecified atom stereocenters. The van der Waals surface area contributed by atoms with Gasteiger partial charge < -0.3 is 20.7 Å². The first-order valence-corrected chi connectivity index (χ1v) is 11.4. The zero-order valence-corrected chi connectivity index (χ0v) is 20.2. The Morgan fingerprint density at radius 1 is 1.09 bits per heavy atom. The monoisotopic (exact) mass is 512 g/mol. The molecule has 0 fully saturated rings. The summed E-state index contributed by atoms with van der Waals surface area (Å²) in [5, 5.41) is 11.4. The van der Waals surface area contributed by atoms with E-state index >= 15 is 0 Å². The number of nitrogens with zero attached hydrogens (tertiary/aromatic N) is 1. The minimum atomic E-state index is -0.539. The van der Waals surface area contributed by atoms with Crippen molar-refractivity contribution in [1.82, 2.24) is 10.3 Å². The summed E-state index contributed by atoms with van der Waals surface area (Å²) >= 11 is 19.6. The molecule has 0 aliphatic rings. The molecule has 3 rings (SSSR count). The number of thiophene rings is 1. The third-order valence-electron chi connectivity index (χ3n) is 4.39. The second kappa shape index (κ2) is 11.0. The highest BCUT2D eigenvalue weighted by Crippen LogP contribution is 2.35. The minimum absolute atomic E-state index is 0.0996. The zero-order chi connectivity index (χ0) is 23.3. The van der Waals surface area contributed by atoms with Gasteiger partial charge in [-0.3, -0.25) is 9.59 Å². The van der Waals surface area contributed by atoms with Crippen molar-refractivity contribution in [2.24, 2.45) is 0 Å². The molecule has 32 heavy (non-hydrogen) atoms. The molecule has 0 aliphatic carbocycles. The standard InChI is InChI=1S/C21H19Cl3N4O3S/c1-25-6-5-11-10-32-19(17(11)24)21(30)28-18-14(7-13(23)8-15(18)31-2)20(29)27-16-4-3-12(22)9-26-16/h3-4,7-10,25H,5-6H2,1-2H3,(H,28,30)(H,26,27,29). The van der Waals surface area contributed by atoms with E-state index in [0.717, 1.165) is 12.1 Å². The molecule has 3 aromatic rings. The molecule has 0 saturated heterocycles. The molecule has 3 N–H and O–H groups in total. The first kappa shape index (κ1) is 24.3. The molecule has 168 valence electrons. The van der Waals surface area contributed by atoms with Crippen LogP contribution >= 0.6 is 46.1 Å². The first-order valence-electron chi connectivity index (χ1n) is 9.36. The van der Waals surface area contributed by atoms with Gasteiger partial charge in [0.15, 0.2) is 0 Å². The summed E-state index contributed by atoms with van der Waals surface area (Å²) in [7, 11) is 3.25. The summed E-state index contributed by atoms with van der Waals surface area (Å²) in [6.45, 7) is 0.728. The predicted octanol–water partition coefficient (Wildman–Crippen LogP) is 5.38. The van der Waals surface area contributed by atoms with Crippen molar-refractivity contribution in [3.8, 4) is 5.75 Å². The molecule has 2 aromatic heterocycles. The molecule has 0 bridgehead atoms. The number of pyridine rings is 1. The number of amides is 2. The predicted molar refractivity (Wildman–Crippen MR) is 130 cm³/mol. The lowest BCUT2D eigenvalue weighted by Gasteiger charge is -2.15. The van der Waals surface area contributed by atoms with Crippen LogP contribution in [-0.4, -0.2) is 37.5 Å². The second-order valence-electron chi connectivity index (χ2n) is 6.56. The number of rotatable bonds is 8. The van der Waals surface area contributed by atoms with Crippen LogP contribution in [0.25, 0.3) is 0 Å². The number of aromatic nitrogens is 1. The van der Waals surface area contributed by atoms with Crippen molar-refractivity contribution in [3.63, 3.8) is 0 Å². The van der Waals surface area contributed by atoms with Crippen LogP contribution in [0.1, 0.15) is 25.6 Å². The number of anilines is 2. The van der Waals surface area contributed by atoms with E-state index in [1.54, 1.807) is 12.1 Å². The molecule has 2 amide bonds. The molecule has 1 aromatic carbocycles. The van der Waals surface area contributed by atoms with Gasteiger partial charge in [0.2, 0.25) is 0 Å². The van der Waals surface area contributed by atoms with Crippen LogP contribution in [0.4, 0.5) is 11.5 Å². The van der Waals surface area contributed by atoms with Gasteiger partial charge in [0.1, 0.15) is 16.4 Å². The number of carbonyl (C=O) groups excluding carboxylic acids is 2. The summed E-state index contributed by atoms with van der Waals surface area (Å²) in [5.74, 6) is -0.493. The fourth-order valence-corrected chi connectivity index (χ4v) is 4.46. The molecule has 11 heteroatoms. The molecule has 0 saturated carbocycles. The molecule has 2 heterocycles. The summed E-state index contributed by atoms with van der Waals surface area (Å²) in [5.41, 5.74) is 1.13. The third-order valence-corrected chi connectivity index (χ3v) is 6.40. The number of hydrogen-bond donors (Lipinski definition) is 3. The van der Waals surface area contributed by atoms with Crippen molar-refractivity contribution in [1.29, 1.82) is 0 Å². The lowest BCUT2D eigenvalue weighted by atomic mass is 10.1. The van der Waals surface area contributed by atoms with Gasteiger partial charge in [0, 0.05) is 17.3 Å². The lowest BCUT2D eigenvalue weighted by Crippen LogP contribution is -2.19. The molecule has 0 spiro atoms. The van der Waals surface area contributed by atoms with Gasteiger partial charge in [0.05, 0.1) is 28.4 Å². The van der Waals surface area contributed by atoms with E-state index in [9.17, 15) is 9.59 Å². The van der Waals surface area contributed by atoms with E-state index < -0.39 is 11.8 Å². The molecular weight excluding hydrogens is 495 g/mol. The summed E-state index contributed by atoms with van der Waals surface area (Å²) in [6, 6.07) is 6.08. The van der Waals surface area contributed by atoms with Crippen LogP contribution in [0.15, 0.2) is 35.8 Å². The van der Waals surface area contributed by atoms with Crippen molar-refractivity contribution >= 4 is 69.5 Å². The van der Waals surface area contributed by atoms with Gasteiger partial charge in [-0.2, -0.15) is 0 Å². The molecule has 0 radical (unpaired) electrons. The van der Waals surface area contributed by atoms with Crippen LogP contribution in [0.2, 0.25) is 15.1 Å². The minimum Gasteiger partial charge on any atom is -0.494 e. The highest BCUT2D eigenvalue weighted by atomic mass is 35.5. The van der Waals surface area contributed by atoms with Crippen LogP contribution in [0.5, 0.6) is 5.75 Å². The maximum absolute atomic E-state index is 13.0. The highest BCUT2D eigenvalue weighted by molar-refractivity contribution is 7.13. The Hall–Kier alpha value is -2.36. The summed E-state index contributed by atoms with van der Waals surface area (Å²) < 4.78 is 5.36. The zero-order valence-electron chi connectivity index (χ0n) is 17.1. The van der Waals surface area contributed by atoms with Crippen molar-refractivity contribution in [2.75, 3.05) is 31.3 Å². The highest BCUT2D eigenvalue weighted by Gasteiger charge is 2.23.